The number of hydrogen-bond acceptors (Lipinski definition) is 3. The zero-order valence-electron chi connectivity index (χ0n) is 11.3. The van der Waals surface area contributed by atoms with Crippen molar-refractivity contribution in [3.05, 3.63) is 11.6 Å². The normalized spacial score (nSPS) is 24.4. The SMILES string of the molecule is CCCc1nc(C2(CCC)CCNC2)n(C)n1. The largest absolute Gasteiger partial charge is 0.316 e. The van der Waals surface area contributed by atoms with E-state index < -0.39 is 0 Å². The molecule has 1 aromatic rings. The molecule has 0 saturated carbocycles. The molecule has 0 amide bonds. The van der Waals surface area contributed by atoms with Crippen molar-refractivity contribution >= 4 is 0 Å². The van der Waals surface area contributed by atoms with Gasteiger partial charge in [-0.05, 0) is 25.8 Å². The van der Waals surface area contributed by atoms with Crippen molar-refractivity contribution in [1.29, 1.82) is 0 Å². The van der Waals surface area contributed by atoms with Crippen LogP contribution in [0.2, 0.25) is 0 Å². The lowest BCUT2D eigenvalue weighted by molar-refractivity contribution is 0.385. The summed E-state index contributed by atoms with van der Waals surface area (Å²) in [5.74, 6) is 2.19. The van der Waals surface area contributed by atoms with E-state index in [1.165, 1.54) is 25.1 Å². The molecule has 0 bridgehead atoms. The van der Waals surface area contributed by atoms with Gasteiger partial charge in [-0.2, -0.15) is 5.10 Å². The summed E-state index contributed by atoms with van der Waals surface area (Å²) in [5, 5.41) is 8.03. The molecule has 0 aliphatic carbocycles. The maximum Gasteiger partial charge on any atom is 0.150 e. The van der Waals surface area contributed by atoms with Crippen LogP contribution in [0.25, 0.3) is 0 Å². The Morgan fingerprint density at radius 1 is 1.35 bits per heavy atom. The maximum absolute atomic E-state index is 4.78. The van der Waals surface area contributed by atoms with Crippen LogP contribution in [0, 0.1) is 0 Å². The van der Waals surface area contributed by atoms with Gasteiger partial charge in [-0.3, -0.25) is 4.68 Å². The Bertz CT molecular complexity index is 363. The first-order valence-corrected chi connectivity index (χ1v) is 6.83. The van der Waals surface area contributed by atoms with Crippen LogP contribution in [0.5, 0.6) is 0 Å². The highest BCUT2D eigenvalue weighted by atomic mass is 15.3. The minimum atomic E-state index is 0.225. The first-order valence-electron chi connectivity index (χ1n) is 6.83. The molecule has 0 spiro atoms. The topological polar surface area (TPSA) is 42.7 Å². The second-order valence-corrected chi connectivity index (χ2v) is 5.18. The monoisotopic (exact) mass is 236 g/mol. The number of aromatic nitrogens is 3. The van der Waals surface area contributed by atoms with Gasteiger partial charge in [-0.25, -0.2) is 4.98 Å². The highest BCUT2D eigenvalue weighted by molar-refractivity contribution is 5.14. The fourth-order valence-electron chi connectivity index (χ4n) is 2.97. The minimum Gasteiger partial charge on any atom is -0.316 e. The van der Waals surface area contributed by atoms with Crippen molar-refractivity contribution in [1.82, 2.24) is 20.1 Å². The molecule has 0 aromatic carbocycles. The lowest BCUT2D eigenvalue weighted by Gasteiger charge is -2.26. The predicted molar refractivity (Wildman–Crippen MR) is 69.1 cm³/mol. The summed E-state index contributed by atoms with van der Waals surface area (Å²) in [6, 6.07) is 0. The molecule has 2 rings (SSSR count). The van der Waals surface area contributed by atoms with Gasteiger partial charge in [0.15, 0.2) is 5.82 Å². The van der Waals surface area contributed by atoms with E-state index in [2.05, 4.69) is 24.3 Å². The average molecular weight is 236 g/mol. The predicted octanol–water partition coefficient (Wildman–Crippen LogP) is 1.80. The van der Waals surface area contributed by atoms with Crippen LogP contribution < -0.4 is 5.32 Å². The summed E-state index contributed by atoms with van der Waals surface area (Å²) < 4.78 is 2.01. The summed E-state index contributed by atoms with van der Waals surface area (Å²) in [4.78, 5) is 4.78. The third kappa shape index (κ3) is 2.37. The molecule has 96 valence electrons. The summed E-state index contributed by atoms with van der Waals surface area (Å²) in [6.07, 6.45) is 5.71. The van der Waals surface area contributed by atoms with E-state index in [9.17, 15) is 0 Å². The van der Waals surface area contributed by atoms with Crippen molar-refractivity contribution < 1.29 is 0 Å². The molecule has 0 radical (unpaired) electrons. The van der Waals surface area contributed by atoms with Crippen molar-refractivity contribution in [2.75, 3.05) is 13.1 Å². The fraction of sp³-hybridized carbons (Fsp3) is 0.846. The lowest BCUT2D eigenvalue weighted by Crippen LogP contribution is -2.32. The average Bonchev–Trinajstić information content (AvgIpc) is 2.88. The minimum absolute atomic E-state index is 0.225. The molecule has 4 heteroatoms. The van der Waals surface area contributed by atoms with E-state index >= 15 is 0 Å². The highest BCUT2D eigenvalue weighted by Crippen LogP contribution is 2.34. The van der Waals surface area contributed by atoms with E-state index in [0.29, 0.717) is 0 Å². The Labute approximate surface area is 104 Å². The van der Waals surface area contributed by atoms with Crippen LogP contribution in [-0.2, 0) is 18.9 Å². The van der Waals surface area contributed by atoms with Gasteiger partial charge in [-0.1, -0.05) is 20.3 Å². The molecule has 1 aliphatic rings. The second kappa shape index (κ2) is 5.17. The van der Waals surface area contributed by atoms with Crippen molar-refractivity contribution in [2.24, 2.45) is 7.05 Å². The summed E-state index contributed by atoms with van der Waals surface area (Å²) in [6.45, 7) is 6.59. The molecule has 1 saturated heterocycles. The number of hydrogen-bond donors (Lipinski definition) is 1. The number of aryl methyl sites for hydroxylation is 2. The molecule has 1 atom stereocenters. The molecule has 17 heavy (non-hydrogen) atoms. The molecule has 4 nitrogen and oxygen atoms in total. The Morgan fingerprint density at radius 3 is 2.76 bits per heavy atom. The first kappa shape index (κ1) is 12.6. The Kier molecular flexibility index (Phi) is 3.82. The van der Waals surface area contributed by atoms with Gasteiger partial charge in [0.05, 0.1) is 0 Å². The van der Waals surface area contributed by atoms with E-state index in [4.69, 9.17) is 4.98 Å². The molecule has 2 heterocycles. The summed E-state index contributed by atoms with van der Waals surface area (Å²) >= 11 is 0. The molecule has 1 unspecified atom stereocenters. The molecule has 1 aliphatic heterocycles. The van der Waals surface area contributed by atoms with E-state index in [1.807, 2.05) is 11.7 Å². The number of rotatable bonds is 5. The van der Waals surface area contributed by atoms with Crippen molar-refractivity contribution in [3.63, 3.8) is 0 Å². The number of nitrogens with zero attached hydrogens (tertiary/aromatic N) is 3. The zero-order chi connectivity index (χ0) is 12.3. The maximum atomic E-state index is 4.78. The highest BCUT2D eigenvalue weighted by Gasteiger charge is 2.38. The van der Waals surface area contributed by atoms with Crippen molar-refractivity contribution in [2.45, 2.75) is 51.4 Å². The van der Waals surface area contributed by atoms with Crippen LogP contribution in [0.3, 0.4) is 0 Å². The second-order valence-electron chi connectivity index (χ2n) is 5.18. The van der Waals surface area contributed by atoms with Gasteiger partial charge in [0, 0.05) is 25.4 Å². The van der Waals surface area contributed by atoms with Gasteiger partial charge in [0.2, 0.25) is 0 Å². The van der Waals surface area contributed by atoms with Crippen LogP contribution in [-0.4, -0.2) is 27.9 Å². The molecule has 1 aromatic heterocycles. The lowest BCUT2D eigenvalue weighted by atomic mass is 9.81. The smallest absolute Gasteiger partial charge is 0.150 e. The molecular formula is C13H24N4. The van der Waals surface area contributed by atoms with Gasteiger partial charge in [0.1, 0.15) is 5.82 Å². The molecule has 1 N–H and O–H groups in total. The van der Waals surface area contributed by atoms with Gasteiger partial charge in [-0.15, -0.1) is 0 Å². The van der Waals surface area contributed by atoms with E-state index in [1.54, 1.807) is 0 Å². The summed E-state index contributed by atoms with van der Waals surface area (Å²) in [5.41, 5.74) is 0.225. The third-order valence-corrected chi connectivity index (χ3v) is 3.73. The molecule has 1 fully saturated rings. The van der Waals surface area contributed by atoms with Crippen LogP contribution >= 0.6 is 0 Å². The van der Waals surface area contributed by atoms with Crippen LogP contribution in [0.4, 0.5) is 0 Å². The van der Waals surface area contributed by atoms with Crippen molar-refractivity contribution in [3.8, 4) is 0 Å². The standard InChI is InChI=1S/C13H24N4/c1-4-6-11-15-12(17(3)16-11)13(7-5-2)8-9-14-10-13/h14H,4-10H2,1-3H3. The number of nitrogens with one attached hydrogen (secondary N) is 1. The van der Waals surface area contributed by atoms with Crippen LogP contribution in [0.1, 0.15) is 51.2 Å². The molecular weight excluding hydrogens is 212 g/mol. The summed E-state index contributed by atoms with van der Waals surface area (Å²) in [7, 11) is 2.04. The Balaban J connectivity index is 2.29. The quantitative estimate of drug-likeness (QED) is 0.847. The van der Waals surface area contributed by atoms with Gasteiger partial charge in [0.25, 0.3) is 0 Å². The Morgan fingerprint density at radius 2 is 2.18 bits per heavy atom. The first-order chi connectivity index (χ1) is 8.22. The fourth-order valence-corrected chi connectivity index (χ4v) is 2.97. The zero-order valence-corrected chi connectivity index (χ0v) is 11.3. The van der Waals surface area contributed by atoms with E-state index in [-0.39, 0.29) is 5.41 Å². The Hall–Kier alpha value is -0.900. The third-order valence-electron chi connectivity index (χ3n) is 3.73. The van der Waals surface area contributed by atoms with Gasteiger partial charge < -0.3 is 5.32 Å². The van der Waals surface area contributed by atoms with Gasteiger partial charge >= 0.3 is 0 Å². The van der Waals surface area contributed by atoms with Crippen LogP contribution in [0.15, 0.2) is 0 Å². The van der Waals surface area contributed by atoms with E-state index in [0.717, 1.165) is 31.8 Å².